The zero-order valence-corrected chi connectivity index (χ0v) is 18.7. The van der Waals surface area contributed by atoms with Crippen molar-refractivity contribution < 1.29 is 4.79 Å². The van der Waals surface area contributed by atoms with Crippen molar-refractivity contribution in [3.8, 4) is 0 Å². The van der Waals surface area contributed by atoms with Gasteiger partial charge in [0.15, 0.2) is 0 Å². The van der Waals surface area contributed by atoms with E-state index in [4.69, 9.17) is 5.10 Å². The van der Waals surface area contributed by atoms with Gasteiger partial charge in [-0.2, -0.15) is 5.10 Å². The number of likely N-dealkylation sites (tertiary alicyclic amines) is 1. The molecular weight excluding hydrogens is 372 g/mol. The molecule has 1 aromatic carbocycles. The number of carbonyl (C=O) groups excluding carboxylic acids is 1. The summed E-state index contributed by atoms with van der Waals surface area (Å²) >= 11 is 0. The van der Waals surface area contributed by atoms with Crippen molar-refractivity contribution in [1.82, 2.24) is 19.6 Å². The average molecular weight is 407 g/mol. The molecule has 1 saturated carbocycles. The molecule has 160 valence electrons. The second kappa shape index (κ2) is 7.52. The Balaban J connectivity index is 1.34. The molecule has 5 nitrogen and oxygen atoms in total. The number of rotatable bonds is 4. The van der Waals surface area contributed by atoms with Gasteiger partial charge in [0.2, 0.25) is 0 Å². The third kappa shape index (κ3) is 3.58. The predicted molar refractivity (Wildman–Crippen MR) is 119 cm³/mol. The largest absolute Gasteiger partial charge is 0.341 e. The van der Waals surface area contributed by atoms with Crippen LogP contribution in [0.5, 0.6) is 0 Å². The molecule has 1 aliphatic carbocycles. The standard InChI is InChI=1S/C25H34N4O/c1-18-11-19(2)13-21(12-18)14-28-9-7-25(8-10-28)17-27(3)24(30)22-16-29(26-23(22)25)15-20-5-4-6-20/h11-13,16,20H,4-10,14-15,17H2,1-3H3. The molecule has 1 amide bonds. The van der Waals surface area contributed by atoms with E-state index >= 15 is 0 Å². The number of aromatic nitrogens is 2. The minimum absolute atomic E-state index is 0.0158. The molecule has 5 heteroatoms. The summed E-state index contributed by atoms with van der Waals surface area (Å²) in [6.45, 7) is 9.26. The summed E-state index contributed by atoms with van der Waals surface area (Å²) in [5.74, 6) is 0.892. The van der Waals surface area contributed by atoms with Gasteiger partial charge in [0, 0.05) is 38.3 Å². The highest BCUT2D eigenvalue weighted by Gasteiger charge is 2.46. The maximum atomic E-state index is 12.9. The first-order valence-electron chi connectivity index (χ1n) is 11.5. The molecule has 0 bridgehead atoms. The molecule has 3 heterocycles. The summed E-state index contributed by atoms with van der Waals surface area (Å²) in [6, 6.07) is 6.86. The van der Waals surface area contributed by atoms with Gasteiger partial charge in [0.1, 0.15) is 0 Å². The zero-order chi connectivity index (χ0) is 20.9. The van der Waals surface area contributed by atoms with Crippen LogP contribution in [0.15, 0.2) is 24.4 Å². The van der Waals surface area contributed by atoms with E-state index in [0.717, 1.165) is 62.7 Å². The number of amides is 1. The van der Waals surface area contributed by atoms with Crippen molar-refractivity contribution in [2.24, 2.45) is 5.92 Å². The Kier molecular flexibility index (Phi) is 4.97. The van der Waals surface area contributed by atoms with Crippen LogP contribution in [0.25, 0.3) is 0 Å². The summed E-state index contributed by atoms with van der Waals surface area (Å²) in [5, 5.41) is 5.02. The molecule has 0 unspecified atom stereocenters. The second-order valence-corrected chi connectivity index (χ2v) is 10.1. The topological polar surface area (TPSA) is 41.4 Å². The average Bonchev–Trinajstić information content (AvgIpc) is 3.09. The Labute approximate surface area is 180 Å². The first-order valence-corrected chi connectivity index (χ1v) is 11.5. The Morgan fingerprint density at radius 2 is 1.80 bits per heavy atom. The van der Waals surface area contributed by atoms with E-state index in [0.29, 0.717) is 0 Å². The lowest BCUT2D eigenvalue weighted by atomic mass is 9.72. The Morgan fingerprint density at radius 1 is 1.10 bits per heavy atom. The number of piperidine rings is 1. The first kappa shape index (κ1) is 19.8. The van der Waals surface area contributed by atoms with Crippen LogP contribution in [0, 0.1) is 19.8 Å². The minimum atomic E-state index is 0.0158. The van der Waals surface area contributed by atoms with Gasteiger partial charge >= 0.3 is 0 Å². The summed E-state index contributed by atoms with van der Waals surface area (Å²) in [6.07, 6.45) is 8.13. The lowest BCUT2D eigenvalue weighted by Crippen LogP contribution is -2.53. The number of likely N-dealkylation sites (N-methyl/N-ethyl adjacent to an activating group) is 1. The van der Waals surface area contributed by atoms with Crippen molar-refractivity contribution in [3.63, 3.8) is 0 Å². The monoisotopic (exact) mass is 406 g/mol. The molecule has 3 aliphatic rings. The van der Waals surface area contributed by atoms with Gasteiger partial charge < -0.3 is 4.90 Å². The van der Waals surface area contributed by atoms with Crippen LogP contribution in [0.1, 0.15) is 64.8 Å². The quantitative estimate of drug-likeness (QED) is 0.773. The van der Waals surface area contributed by atoms with Gasteiger partial charge in [-0.3, -0.25) is 14.4 Å². The SMILES string of the molecule is Cc1cc(C)cc(CN2CCC3(CC2)CN(C)C(=O)c2cn(CC4CCC4)nc23)c1. The molecule has 1 spiro atoms. The predicted octanol–water partition coefficient (Wildman–Crippen LogP) is 3.92. The van der Waals surface area contributed by atoms with Crippen molar-refractivity contribution in [2.75, 3.05) is 26.7 Å². The molecule has 2 aromatic rings. The molecule has 0 N–H and O–H groups in total. The van der Waals surface area contributed by atoms with E-state index in [2.05, 4.69) is 41.6 Å². The molecule has 2 fully saturated rings. The van der Waals surface area contributed by atoms with E-state index in [1.807, 2.05) is 18.1 Å². The highest BCUT2D eigenvalue weighted by atomic mass is 16.2. The molecule has 0 atom stereocenters. The Morgan fingerprint density at radius 3 is 2.43 bits per heavy atom. The summed E-state index contributed by atoms with van der Waals surface area (Å²) < 4.78 is 2.08. The maximum absolute atomic E-state index is 12.9. The van der Waals surface area contributed by atoms with E-state index in [-0.39, 0.29) is 11.3 Å². The Bertz CT molecular complexity index is 930. The lowest BCUT2D eigenvalue weighted by Gasteiger charge is -2.45. The third-order valence-corrected chi connectivity index (χ3v) is 7.55. The summed E-state index contributed by atoms with van der Waals surface area (Å²) in [5.41, 5.74) is 6.04. The molecule has 1 saturated heterocycles. The first-order chi connectivity index (χ1) is 14.4. The van der Waals surface area contributed by atoms with E-state index in [1.165, 1.54) is 36.0 Å². The third-order valence-electron chi connectivity index (χ3n) is 7.55. The van der Waals surface area contributed by atoms with Crippen molar-refractivity contribution >= 4 is 5.91 Å². The number of hydrogen-bond donors (Lipinski definition) is 0. The number of nitrogens with zero attached hydrogens (tertiary/aromatic N) is 4. The van der Waals surface area contributed by atoms with E-state index in [9.17, 15) is 4.79 Å². The van der Waals surface area contributed by atoms with Crippen LogP contribution in [0.2, 0.25) is 0 Å². The van der Waals surface area contributed by atoms with Crippen LogP contribution in [-0.2, 0) is 18.5 Å². The smallest absolute Gasteiger partial charge is 0.257 e. The minimum Gasteiger partial charge on any atom is -0.341 e. The molecule has 5 rings (SSSR count). The number of hydrogen-bond acceptors (Lipinski definition) is 3. The molecule has 1 aromatic heterocycles. The maximum Gasteiger partial charge on any atom is 0.257 e. The fourth-order valence-electron chi connectivity index (χ4n) is 5.76. The van der Waals surface area contributed by atoms with Crippen LogP contribution >= 0.6 is 0 Å². The summed E-state index contributed by atoms with van der Waals surface area (Å²) in [7, 11) is 1.96. The van der Waals surface area contributed by atoms with Gasteiger partial charge in [0.25, 0.3) is 5.91 Å². The molecular formula is C25H34N4O. The van der Waals surface area contributed by atoms with Crippen LogP contribution in [-0.4, -0.2) is 52.2 Å². The highest BCUT2D eigenvalue weighted by Crippen LogP contribution is 2.41. The highest BCUT2D eigenvalue weighted by molar-refractivity contribution is 5.96. The van der Waals surface area contributed by atoms with Crippen molar-refractivity contribution in [2.45, 2.75) is 64.5 Å². The van der Waals surface area contributed by atoms with Crippen LogP contribution < -0.4 is 0 Å². The number of carbonyl (C=O) groups is 1. The lowest BCUT2D eigenvalue weighted by molar-refractivity contribution is 0.0628. The number of benzene rings is 1. The number of fused-ring (bicyclic) bond motifs is 2. The fourth-order valence-corrected chi connectivity index (χ4v) is 5.76. The van der Waals surface area contributed by atoms with Crippen molar-refractivity contribution in [1.29, 1.82) is 0 Å². The van der Waals surface area contributed by atoms with Gasteiger partial charge in [-0.15, -0.1) is 0 Å². The van der Waals surface area contributed by atoms with Crippen LogP contribution in [0.3, 0.4) is 0 Å². The van der Waals surface area contributed by atoms with Crippen LogP contribution in [0.4, 0.5) is 0 Å². The second-order valence-electron chi connectivity index (χ2n) is 10.1. The van der Waals surface area contributed by atoms with E-state index in [1.54, 1.807) is 0 Å². The molecule has 30 heavy (non-hydrogen) atoms. The summed E-state index contributed by atoms with van der Waals surface area (Å²) in [4.78, 5) is 17.4. The fraction of sp³-hybridized carbons (Fsp3) is 0.600. The van der Waals surface area contributed by atoms with Gasteiger partial charge in [-0.1, -0.05) is 35.7 Å². The molecule has 0 radical (unpaired) electrons. The molecule has 2 aliphatic heterocycles. The Hall–Kier alpha value is -2.14. The van der Waals surface area contributed by atoms with Gasteiger partial charge in [-0.05, 0) is 64.1 Å². The van der Waals surface area contributed by atoms with Gasteiger partial charge in [-0.25, -0.2) is 0 Å². The van der Waals surface area contributed by atoms with Crippen molar-refractivity contribution in [3.05, 3.63) is 52.3 Å². The zero-order valence-electron chi connectivity index (χ0n) is 18.7. The van der Waals surface area contributed by atoms with E-state index < -0.39 is 0 Å². The van der Waals surface area contributed by atoms with Gasteiger partial charge in [0.05, 0.1) is 11.3 Å². The normalized spacial score (nSPS) is 21.7. The number of aryl methyl sites for hydroxylation is 2.